The molecular weight excluding hydrogens is 352 g/mol. The molecular formula is C18H20N4O3S. The van der Waals surface area contributed by atoms with Crippen LogP contribution in [-0.2, 0) is 14.8 Å². The van der Waals surface area contributed by atoms with Gasteiger partial charge in [-0.1, -0.05) is 0 Å². The minimum atomic E-state index is -3.78. The molecule has 2 aromatic rings. The van der Waals surface area contributed by atoms with Gasteiger partial charge in [0.05, 0.1) is 16.5 Å². The van der Waals surface area contributed by atoms with E-state index >= 15 is 0 Å². The summed E-state index contributed by atoms with van der Waals surface area (Å²) in [5, 5.41) is 0. The first kappa shape index (κ1) is 18.2. The number of carbonyl (C=O) groups excluding carboxylic acids is 1. The number of benzene rings is 1. The monoisotopic (exact) mass is 372 g/mol. The second-order valence-corrected chi connectivity index (χ2v) is 8.00. The van der Waals surface area contributed by atoms with Crippen LogP contribution in [0.2, 0.25) is 0 Å². The maximum Gasteiger partial charge on any atom is 0.264 e. The van der Waals surface area contributed by atoms with Gasteiger partial charge in [-0.2, -0.15) is 0 Å². The fourth-order valence-corrected chi connectivity index (χ4v) is 3.78. The number of nitrogens with one attached hydrogen (secondary N) is 1. The minimum absolute atomic E-state index is 0.0457. The van der Waals surface area contributed by atoms with Gasteiger partial charge in [0.2, 0.25) is 5.95 Å². The standard InChI is InChI=1S/C18H20N4O3S/c1-12-10-13(2)21-18(20-12)22-26(24,25)16-8-6-15(7-9-16)19-11-14-4-3-5-17(14)23/h6-11,14H,3-5H2,1-2H3,(H,20,21,22). The number of aryl methyl sites for hydroxylation is 2. The number of anilines is 1. The Morgan fingerprint density at radius 3 is 2.38 bits per heavy atom. The summed E-state index contributed by atoms with van der Waals surface area (Å²) in [7, 11) is -3.78. The fourth-order valence-electron chi connectivity index (χ4n) is 2.84. The smallest absolute Gasteiger partial charge is 0.264 e. The van der Waals surface area contributed by atoms with Gasteiger partial charge in [0.15, 0.2) is 0 Å². The molecule has 1 N–H and O–H groups in total. The topological polar surface area (TPSA) is 101 Å². The largest absolute Gasteiger partial charge is 0.299 e. The normalized spacial score (nSPS) is 17.8. The van der Waals surface area contributed by atoms with Crippen LogP contribution in [0.3, 0.4) is 0 Å². The van der Waals surface area contributed by atoms with Gasteiger partial charge >= 0.3 is 0 Å². The lowest BCUT2D eigenvalue weighted by Gasteiger charge is -2.08. The maximum atomic E-state index is 12.5. The molecule has 1 atom stereocenters. The summed E-state index contributed by atoms with van der Waals surface area (Å²) in [4.78, 5) is 24.2. The van der Waals surface area contributed by atoms with Gasteiger partial charge in [-0.25, -0.2) is 23.1 Å². The maximum absolute atomic E-state index is 12.5. The Balaban J connectivity index is 1.74. The summed E-state index contributed by atoms with van der Waals surface area (Å²) < 4.78 is 27.3. The molecule has 136 valence electrons. The van der Waals surface area contributed by atoms with E-state index in [0.717, 1.165) is 12.8 Å². The zero-order chi connectivity index (χ0) is 18.7. The first-order valence-electron chi connectivity index (χ1n) is 8.35. The third kappa shape index (κ3) is 4.32. The molecule has 0 bridgehead atoms. The summed E-state index contributed by atoms with van der Waals surface area (Å²) in [5.74, 6) is 0.136. The molecule has 0 saturated heterocycles. The lowest BCUT2D eigenvalue weighted by atomic mass is 10.1. The molecule has 0 amide bonds. The summed E-state index contributed by atoms with van der Waals surface area (Å²) in [6, 6.07) is 7.90. The fraction of sp³-hybridized carbons (Fsp3) is 0.333. The van der Waals surface area contributed by atoms with Crippen LogP contribution >= 0.6 is 0 Å². The number of aromatic nitrogens is 2. The van der Waals surface area contributed by atoms with Gasteiger partial charge in [0.1, 0.15) is 5.78 Å². The third-order valence-electron chi connectivity index (χ3n) is 4.11. The van der Waals surface area contributed by atoms with Crippen LogP contribution in [-0.4, -0.2) is 30.4 Å². The van der Waals surface area contributed by atoms with Gasteiger partial charge in [-0.15, -0.1) is 0 Å². The summed E-state index contributed by atoms with van der Waals surface area (Å²) in [6.07, 6.45) is 3.99. The van der Waals surface area contributed by atoms with Gasteiger partial charge in [0, 0.05) is 24.0 Å². The molecule has 0 spiro atoms. The first-order chi connectivity index (χ1) is 12.3. The van der Waals surface area contributed by atoms with Gasteiger partial charge in [-0.05, 0) is 57.0 Å². The Kier molecular flexibility index (Phi) is 5.13. The summed E-state index contributed by atoms with van der Waals surface area (Å²) >= 11 is 0. The van der Waals surface area contributed by atoms with Gasteiger partial charge in [-0.3, -0.25) is 9.79 Å². The average Bonchev–Trinajstić information content (AvgIpc) is 2.97. The zero-order valence-electron chi connectivity index (χ0n) is 14.6. The van der Waals surface area contributed by atoms with E-state index in [1.807, 2.05) is 0 Å². The van der Waals surface area contributed by atoms with Crippen molar-refractivity contribution < 1.29 is 13.2 Å². The number of rotatable bonds is 5. The Hall–Kier alpha value is -2.61. The van der Waals surface area contributed by atoms with E-state index in [-0.39, 0.29) is 22.5 Å². The van der Waals surface area contributed by atoms with Crippen molar-refractivity contribution >= 4 is 33.7 Å². The highest BCUT2D eigenvalue weighted by atomic mass is 32.2. The van der Waals surface area contributed by atoms with E-state index in [4.69, 9.17) is 0 Å². The third-order valence-corrected chi connectivity index (χ3v) is 5.45. The minimum Gasteiger partial charge on any atom is -0.299 e. The number of nitrogens with zero attached hydrogens (tertiary/aromatic N) is 3. The molecule has 1 unspecified atom stereocenters. The molecule has 1 aromatic heterocycles. The van der Waals surface area contributed by atoms with E-state index in [0.29, 0.717) is 23.5 Å². The quantitative estimate of drug-likeness (QED) is 0.813. The molecule has 0 aliphatic heterocycles. The lowest BCUT2D eigenvalue weighted by Crippen LogP contribution is -2.15. The van der Waals surface area contributed by atoms with Crippen molar-refractivity contribution in [2.24, 2.45) is 10.9 Å². The second-order valence-electron chi connectivity index (χ2n) is 6.32. The molecule has 3 rings (SSSR count). The number of Topliss-reactive ketones (excluding diaryl/α,β-unsaturated/α-hetero) is 1. The Labute approximate surface area is 152 Å². The van der Waals surface area contributed by atoms with E-state index in [1.54, 1.807) is 38.3 Å². The van der Waals surface area contributed by atoms with Gasteiger partial charge in [0.25, 0.3) is 10.0 Å². The van der Waals surface area contributed by atoms with Crippen LogP contribution in [0.25, 0.3) is 0 Å². The predicted molar refractivity (Wildman–Crippen MR) is 99.3 cm³/mol. The zero-order valence-corrected chi connectivity index (χ0v) is 15.5. The van der Waals surface area contributed by atoms with Crippen molar-refractivity contribution in [1.82, 2.24) is 9.97 Å². The summed E-state index contributed by atoms with van der Waals surface area (Å²) in [6.45, 7) is 3.54. The Bertz CT molecular complexity index is 933. The molecule has 1 aliphatic rings. The number of ketones is 1. The molecule has 26 heavy (non-hydrogen) atoms. The van der Waals surface area contributed by atoms with E-state index < -0.39 is 10.0 Å². The van der Waals surface area contributed by atoms with Crippen molar-refractivity contribution in [3.05, 3.63) is 41.7 Å². The number of carbonyl (C=O) groups is 1. The van der Waals surface area contributed by atoms with E-state index in [1.165, 1.54) is 12.1 Å². The number of hydrogen-bond acceptors (Lipinski definition) is 6. The predicted octanol–water partition coefficient (Wildman–Crippen LogP) is 2.97. The van der Waals surface area contributed by atoms with Crippen molar-refractivity contribution in [2.45, 2.75) is 38.0 Å². The summed E-state index contributed by atoms with van der Waals surface area (Å²) in [5.41, 5.74) is 1.97. The van der Waals surface area contributed by atoms with Crippen LogP contribution in [0.15, 0.2) is 40.2 Å². The number of sulfonamides is 1. The second kappa shape index (κ2) is 7.33. The Morgan fingerprint density at radius 1 is 1.15 bits per heavy atom. The number of hydrogen-bond donors (Lipinski definition) is 1. The molecule has 1 saturated carbocycles. The SMILES string of the molecule is Cc1cc(C)nc(NS(=O)(=O)c2ccc(N=CC3CCCC3=O)cc2)n1. The first-order valence-corrected chi connectivity index (χ1v) is 9.84. The van der Waals surface area contributed by atoms with Crippen molar-refractivity contribution in [3.63, 3.8) is 0 Å². The molecule has 7 nitrogen and oxygen atoms in total. The highest BCUT2D eigenvalue weighted by molar-refractivity contribution is 7.92. The van der Waals surface area contributed by atoms with Gasteiger partial charge < -0.3 is 0 Å². The van der Waals surface area contributed by atoms with Crippen LogP contribution < -0.4 is 4.72 Å². The molecule has 1 fully saturated rings. The van der Waals surface area contributed by atoms with Crippen LogP contribution in [0.4, 0.5) is 11.6 Å². The molecule has 1 heterocycles. The molecule has 1 aromatic carbocycles. The highest BCUT2D eigenvalue weighted by Crippen LogP contribution is 2.22. The van der Waals surface area contributed by atoms with Crippen LogP contribution in [0.1, 0.15) is 30.7 Å². The lowest BCUT2D eigenvalue weighted by molar-refractivity contribution is -0.118. The van der Waals surface area contributed by atoms with Crippen molar-refractivity contribution in [2.75, 3.05) is 4.72 Å². The van der Waals surface area contributed by atoms with E-state index in [9.17, 15) is 13.2 Å². The van der Waals surface area contributed by atoms with Crippen molar-refractivity contribution in [3.8, 4) is 0 Å². The molecule has 8 heteroatoms. The Morgan fingerprint density at radius 2 is 1.81 bits per heavy atom. The molecule has 0 radical (unpaired) electrons. The average molecular weight is 372 g/mol. The van der Waals surface area contributed by atoms with Crippen LogP contribution in [0, 0.1) is 19.8 Å². The van der Waals surface area contributed by atoms with Crippen LogP contribution in [0.5, 0.6) is 0 Å². The number of aliphatic imine (C=N–C) groups is 1. The highest BCUT2D eigenvalue weighted by Gasteiger charge is 2.22. The van der Waals surface area contributed by atoms with Crippen molar-refractivity contribution in [1.29, 1.82) is 0 Å². The molecule has 1 aliphatic carbocycles. The van der Waals surface area contributed by atoms with E-state index in [2.05, 4.69) is 19.7 Å².